The number of aryl methyl sites for hydroxylation is 1. The molecule has 3 N–H and O–H groups in total. The van der Waals surface area contributed by atoms with Crippen molar-refractivity contribution in [1.82, 2.24) is 9.78 Å². The van der Waals surface area contributed by atoms with E-state index < -0.39 is 9.84 Å². The van der Waals surface area contributed by atoms with Gasteiger partial charge in [0, 0.05) is 6.26 Å². The number of nitrogens with one attached hydrogen (secondary N) is 1. The van der Waals surface area contributed by atoms with Crippen LogP contribution < -0.4 is 11.3 Å². The zero-order valence-corrected chi connectivity index (χ0v) is 10.5. The first-order valence-corrected chi connectivity index (χ1v) is 7.04. The smallest absolute Gasteiger partial charge is 0.289 e. The Kier molecular flexibility index (Phi) is 3.47. The van der Waals surface area contributed by atoms with Crippen molar-refractivity contribution in [1.29, 1.82) is 0 Å². The first-order chi connectivity index (χ1) is 7.22. The fourth-order valence-electron chi connectivity index (χ4n) is 1.37. The predicted molar refractivity (Wildman–Crippen MR) is 63.3 cm³/mol. The molecule has 0 bridgehead atoms. The third-order valence-corrected chi connectivity index (χ3v) is 3.21. The van der Waals surface area contributed by atoms with Crippen LogP contribution in [-0.4, -0.2) is 30.2 Å². The number of anilines is 1. The molecule has 1 aromatic rings. The molecule has 1 heterocycles. The van der Waals surface area contributed by atoms with Gasteiger partial charge in [0.25, 0.3) is 5.56 Å². The van der Waals surface area contributed by atoms with E-state index in [0.29, 0.717) is 5.69 Å². The highest BCUT2D eigenvalue weighted by Crippen LogP contribution is 2.15. The Hall–Kier alpha value is -1.24. The van der Waals surface area contributed by atoms with E-state index in [2.05, 4.69) is 5.10 Å². The zero-order chi connectivity index (χ0) is 12.5. The minimum Gasteiger partial charge on any atom is -0.393 e. The van der Waals surface area contributed by atoms with E-state index in [1.54, 1.807) is 0 Å². The first-order valence-electron chi connectivity index (χ1n) is 4.98. The predicted octanol–water partition coefficient (Wildman–Crippen LogP) is -0.0734. The van der Waals surface area contributed by atoms with Crippen molar-refractivity contribution in [2.75, 3.05) is 17.7 Å². The van der Waals surface area contributed by atoms with E-state index in [-0.39, 0.29) is 29.5 Å². The normalized spacial score (nSPS) is 12.2. The van der Waals surface area contributed by atoms with Crippen molar-refractivity contribution in [3.63, 3.8) is 0 Å². The summed E-state index contributed by atoms with van der Waals surface area (Å²) < 4.78 is 23.2. The average molecular weight is 247 g/mol. The molecule has 0 unspecified atom stereocenters. The number of nitrogens with zero attached hydrogens (tertiary/aromatic N) is 1. The van der Waals surface area contributed by atoms with E-state index in [9.17, 15) is 13.2 Å². The Balaban J connectivity index is 2.99. The van der Waals surface area contributed by atoms with Crippen LogP contribution in [0.1, 0.15) is 25.5 Å². The molecule has 1 rings (SSSR count). The van der Waals surface area contributed by atoms with Gasteiger partial charge < -0.3 is 5.73 Å². The van der Waals surface area contributed by atoms with Gasteiger partial charge in [-0.3, -0.25) is 14.6 Å². The van der Waals surface area contributed by atoms with E-state index in [0.717, 1.165) is 6.26 Å². The van der Waals surface area contributed by atoms with Crippen LogP contribution in [0.2, 0.25) is 0 Å². The van der Waals surface area contributed by atoms with Crippen LogP contribution in [0.4, 0.5) is 5.69 Å². The Morgan fingerprint density at radius 1 is 1.44 bits per heavy atom. The first kappa shape index (κ1) is 12.8. The van der Waals surface area contributed by atoms with Crippen molar-refractivity contribution in [3.8, 4) is 0 Å². The molecule has 1 aromatic heterocycles. The van der Waals surface area contributed by atoms with E-state index in [1.807, 2.05) is 13.8 Å². The molecule has 7 heteroatoms. The topological polar surface area (TPSA) is 98.0 Å². The van der Waals surface area contributed by atoms with Gasteiger partial charge >= 0.3 is 0 Å². The highest BCUT2D eigenvalue weighted by Gasteiger charge is 2.14. The Bertz CT molecular complexity index is 525. The van der Waals surface area contributed by atoms with Crippen LogP contribution >= 0.6 is 0 Å². The maximum Gasteiger partial charge on any atom is 0.289 e. The van der Waals surface area contributed by atoms with E-state index in [4.69, 9.17) is 5.73 Å². The van der Waals surface area contributed by atoms with Gasteiger partial charge in [-0.1, -0.05) is 13.8 Å². The second kappa shape index (κ2) is 4.32. The summed E-state index contributed by atoms with van der Waals surface area (Å²) in [6.07, 6.45) is 1.13. The summed E-state index contributed by atoms with van der Waals surface area (Å²) in [6.45, 7) is 3.92. The molecule has 0 saturated heterocycles. The van der Waals surface area contributed by atoms with Gasteiger partial charge in [-0.05, 0) is 5.92 Å². The number of nitrogen functional groups attached to an aromatic ring is 1. The summed E-state index contributed by atoms with van der Waals surface area (Å²) >= 11 is 0. The fourth-order valence-corrected chi connectivity index (χ4v) is 1.89. The Morgan fingerprint density at radius 2 is 2.00 bits per heavy atom. The van der Waals surface area contributed by atoms with Crippen molar-refractivity contribution in [2.24, 2.45) is 0 Å². The van der Waals surface area contributed by atoms with Crippen LogP contribution in [0.25, 0.3) is 0 Å². The lowest BCUT2D eigenvalue weighted by atomic mass is 10.1. The van der Waals surface area contributed by atoms with Crippen molar-refractivity contribution in [2.45, 2.75) is 26.3 Å². The number of aromatic nitrogens is 2. The fraction of sp³-hybridized carbons (Fsp3) is 0.667. The SMILES string of the molecule is CC(C)c1[nH]n(CCS(C)(=O)=O)c(=O)c1N. The molecule has 0 spiro atoms. The van der Waals surface area contributed by atoms with Gasteiger partial charge in [-0.25, -0.2) is 8.42 Å². The second-order valence-electron chi connectivity index (χ2n) is 4.18. The van der Waals surface area contributed by atoms with Crippen LogP contribution in [0.15, 0.2) is 4.79 Å². The van der Waals surface area contributed by atoms with Crippen molar-refractivity contribution >= 4 is 15.5 Å². The van der Waals surface area contributed by atoms with Crippen molar-refractivity contribution < 1.29 is 8.42 Å². The highest BCUT2D eigenvalue weighted by atomic mass is 32.2. The molecule has 0 saturated carbocycles. The molecule has 0 aromatic carbocycles. The zero-order valence-electron chi connectivity index (χ0n) is 9.65. The molecule has 0 aliphatic heterocycles. The summed E-state index contributed by atoms with van der Waals surface area (Å²) in [5.74, 6) is 0.0249. The van der Waals surface area contributed by atoms with Crippen LogP contribution in [-0.2, 0) is 16.4 Å². The summed E-state index contributed by atoms with van der Waals surface area (Å²) in [5, 5.41) is 2.84. The Morgan fingerprint density at radius 3 is 2.38 bits per heavy atom. The van der Waals surface area contributed by atoms with Gasteiger partial charge in [0.15, 0.2) is 0 Å². The minimum absolute atomic E-state index is 0.0790. The van der Waals surface area contributed by atoms with Crippen LogP contribution in [0.3, 0.4) is 0 Å². The van der Waals surface area contributed by atoms with Gasteiger partial charge in [0.05, 0.1) is 18.0 Å². The summed E-state index contributed by atoms with van der Waals surface area (Å²) in [7, 11) is -3.08. The molecular weight excluding hydrogens is 230 g/mol. The van der Waals surface area contributed by atoms with E-state index in [1.165, 1.54) is 4.68 Å². The summed E-state index contributed by atoms with van der Waals surface area (Å²) in [4.78, 5) is 11.6. The third-order valence-electron chi connectivity index (χ3n) is 2.28. The molecule has 0 fully saturated rings. The number of rotatable bonds is 4. The highest BCUT2D eigenvalue weighted by molar-refractivity contribution is 7.90. The second-order valence-corrected chi connectivity index (χ2v) is 6.44. The number of aromatic amines is 1. The van der Waals surface area contributed by atoms with Gasteiger partial charge in [0.1, 0.15) is 15.5 Å². The minimum atomic E-state index is -3.08. The number of hydrogen-bond donors (Lipinski definition) is 2. The molecule has 0 aliphatic rings. The van der Waals surface area contributed by atoms with Gasteiger partial charge in [-0.15, -0.1) is 0 Å². The quantitative estimate of drug-likeness (QED) is 0.778. The molecular formula is C9H17N3O3S. The Labute approximate surface area is 94.4 Å². The lowest BCUT2D eigenvalue weighted by Crippen LogP contribution is -2.22. The largest absolute Gasteiger partial charge is 0.393 e. The average Bonchev–Trinajstić information content (AvgIpc) is 2.40. The maximum absolute atomic E-state index is 11.6. The summed E-state index contributed by atoms with van der Waals surface area (Å²) in [5.41, 5.74) is 6.10. The lowest BCUT2D eigenvalue weighted by molar-refractivity contribution is 0.577. The molecule has 0 amide bonds. The molecule has 16 heavy (non-hydrogen) atoms. The van der Waals surface area contributed by atoms with Gasteiger partial charge in [0.2, 0.25) is 0 Å². The van der Waals surface area contributed by atoms with Crippen LogP contribution in [0, 0.1) is 0 Å². The monoisotopic (exact) mass is 247 g/mol. The number of nitrogens with two attached hydrogens (primary N) is 1. The molecule has 92 valence electrons. The number of H-pyrrole nitrogens is 1. The molecule has 0 aliphatic carbocycles. The molecule has 6 nitrogen and oxygen atoms in total. The van der Waals surface area contributed by atoms with Crippen LogP contribution in [0.5, 0.6) is 0 Å². The van der Waals surface area contributed by atoms with Gasteiger partial charge in [-0.2, -0.15) is 0 Å². The maximum atomic E-state index is 11.6. The number of hydrogen-bond acceptors (Lipinski definition) is 4. The standard InChI is InChI=1S/C9H17N3O3S/c1-6(2)8-7(10)9(13)12(11-8)4-5-16(3,14)15/h6,11H,4-5,10H2,1-3H3. The molecule has 0 radical (unpaired) electrons. The van der Waals surface area contributed by atoms with E-state index >= 15 is 0 Å². The third kappa shape index (κ3) is 2.88. The number of sulfone groups is 1. The molecule has 0 atom stereocenters. The summed E-state index contributed by atoms with van der Waals surface area (Å²) in [6, 6.07) is 0. The van der Waals surface area contributed by atoms with Crippen molar-refractivity contribution in [3.05, 3.63) is 16.0 Å². The lowest BCUT2D eigenvalue weighted by Gasteiger charge is -2.02.